The maximum absolute atomic E-state index is 13.3. The maximum atomic E-state index is 13.3. The van der Waals surface area contributed by atoms with Crippen molar-refractivity contribution in [2.75, 3.05) is 24.2 Å². The summed E-state index contributed by atoms with van der Waals surface area (Å²) in [6.07, 6.45) is 1.05. The van der Waals surface area contributed by atoms with Crippen LogP contribution in [0.5, 0.6) is 0 Å². The number of halogens is 1. The molecule has 1 N–H and O–H groups in total. The lowest BCUT2D eigenvalue weighted by Crippen LogP contribution is -2.50. The predicted molar refractivity (Wildman–Crippen MR) is 122 cm³/mol. The van der Waals surface area contributed by atoms with Crippen LogP contribution in [0, 0.1) is 6.92 Å². The van der Waals surface area contributed by atoms with Gasteiger partial charge in [0.2, 0.25) is 21.8 Å². The molecule has 0 aliphatic heterocycles. The van der Waals surface area contributed by atoms with Crippen LogP contribution in [0.4, 0.5) is 5.69 Å². The average Bonchev–Trinajstić information content (AvgIpc) is 2.69. The fraction of sp³-hybridized carbons (Fsp3) is 0.333. The summed E-state index contributed by atoms with van der Waals surface area (Å²) in [7, 11) is -2.25. The number of carbonyl (C=O) groups is 2. The van der Waals surface area contributed by atoms with Gasteiger partial charge in [0.1, 0.15) is 12.6 Å². The lowest BCUT2D eigenvalue weighted by Gasteiger charge is -2.31. The molecule has 0 saturated heterocycles. The van der Waals surface area contributed by atoms with Crippen molar-refractivity contribution in [1.82, 2.24) is 10.2 Å². The molecule has 0 aliphatic rings. The first kappa shape index (κ1) is 23.9. The smallest absolute Gasteiger partial charge is 0.244 e. The number of anilines is 1. The molecule has 30 heavy (non-hydrogen) atoms. The average molecular weight is 496 g/mol. The molecule has 9 heteroatoms. The summed E-state index contributed by atoms with van der Waals surface area (Å²) in [5, 5.41) is 2.55. The molecular formula is C21H26BrN3O4S. The van der Waals surface area contributed by atoms with Crippen molar-refractivity contribution >= 4 is 43.5 Å². The summed E-state index contributed by atoms with van der Waals surface area (Å²) in [5.74, 6) is -0.809. The molecule has 0 saturated carbocycles. The SMILES string of the molecule is CNC(=O)[C@@H](C)N(Cc1cccc(C)c1)C(=O)CN(c1ccccc1Br)S(C)(=O)=O. The largest absolute Gasteiger partial charge is 0.357 e. The molecule has 0 spiro atoms. The van der Waals surface area contributed by atoms with Crippen molar-refractivity contribution in [3.8, 4) is 0 Å². The summed E-state index contributed by atoms with van der Waals surface area (Å²) < 4.78 is 26.5. The van der Waals surface area contributed by atoms with Gasteiger partial charge in [0, 0.05) is 18.1 Å². The number of carbonyl (C=O) groups excluding carboxylic acids is 2. The van der Waals surface area contributed by atoms with Crippen LogP contribution < -0.4 is 9.62 Å². The van der Waals surface area contributed by atoms with Crippen molar-refractivity contribution in [2.45, 2.75) is 26.4 Å². The van der Waals surface area contributed by atoms with Gasteiger partial charge in [-0.25, -0.2) is 8.42 Å². The molecular weight excluding hydrogens is 470 g/mol. The Morgan fingerprint density at radius 1 is 1.13 bits per heavy atom. The summed E-state index contributed by atoms with van der Waals surface area (Å²) in [6, 6.07) is 13.6. The highest BCUT2D eigenvalue weighted by molar-refractivity contribution is 9.10. The molecule has 7 nitrogen and oxygen atoms in total. The summed E-state index contributed by atoms with van der Waals surface area (Å²) >= 11 is 3.35. The van der Waals surface area contributed by atoms with E-state index in [1.54, 1.807) is 31.2 Å². The highest BCUT2D eigenvalue weighted by Gasteiger charge is 2.30. The Hall–Kier alpha value is -2.39. The highest BCUT2D eigenvalue weighted by atomic mass is 79.9. The van der Waals surface area contributed by atoms with Gasteiger partial charge in [0.15, 0.2) is 0 Å². The number of amides is 2. The standard InChI is InChI=1S/C21H26BrN3O4S/c1-15-8-7-9-17(12-15)13-24(16(2)21(27)23-3)20(26)14-25(30(4,28)29)19-11-6-5-10-18(19)22/h5-12,16H,13-14H2,1-4H3,(H,23,27)/t16-/m1/s1. The fourth-order valence-electron chi connectivity index (χ4n) is 3.05. The molecule has 0 fully saturated rings. The van der Waals surface area contributed by atoms with Gasteiger partial charge in [-0.3, -0.25) is 13.9 Å². The third kappa shape index (κ3) is 6.06. The van der Waals surface area contributed by atoms with Gasteiger partial charge in [0.25, 0.3) is 0 Å². The molecule has 0 radical (unpaired) electrons. The second-order valence-corrected chi connectivity index (χ2v) is 9.78. The normalized spacial score (nSPS) is 12.2. The monoisotopic (exact) mass is 495 g/mol. The van der Waals surface area contributed by atoms with Crippen LogP contribution in [0.2, 0.25) is 0 Å². The number of aryl methyl sites for hydroxylation is 1. The molecule has 0 heterocycles. The first-order valence-electron chi connectivity index (χ1n) is 9.33. The Labute approximate surface area is 186 Å². The minimum absolute atomic E-state index is 0.183. The number of likely N-dealkylation sites (N-methyl/N-ethyl adjacent to an activating group) is 1. The van der Waals surface area contributed by atoms with E-state index in [0.29, 0.717) is 10.2 Å². The number of rotatable bonds is 8. The van der Waals surface area contributed by atoms with Gasteiger partial charge >= 0.3 is 0 Å². The Balaban J connectivity index is 2.40. The van der Waals surface area contributed by atoms with E-state index in [0.717, 1.165) is 21.7 Å². The van der Waals surface area contributed by atoms with Gasteiger partial charge in [-0.05, 0) is 47.5 Å². The van der Waals surface area contributed by atoms with Gasteiger partial charge in [0.05, 0.1) is 11.9 Å². The van der Waals surface area contributed by atoms with Crippen LogP contribution in [-0.2, 0) is 26.2 Å². The van der Waals surface area contributed by atoms with Crippen LogP contribution in [0.15, 0.2) is 53.0 Å². The number of nitrogens with zero attached hydrogens (tertiary/aromatic N) is 2. The number of para-hydroxylation sites is 1. The Morgan fingerprint density at radius 3 is 2.37 bits per heavy atom. The third-order valence-corrected chi connectivity index (χ3v) is 6.45. The van der Waals surface area contributed by atoms with E-state index in [9.17, 15) is 18.0 Å². The summed E-state index contributed by atoms with van der Waals surface area (Å²) in [4.78, 5) is 26.9. The number of nitrogens with one attached hydrogen (secondary N) is 1. The molecule has 162 valence electrons. The van der Waals surface area contributed by atoms with Crippen molar-refractivity contribution < 1.29 is 18.0 Å². The zero-order valence-electron chi connectivity index (χ0n) is 17.4. The van der Waals surface area contributed by atoms with E-state index in [1.165, 1.54) is 11.9 Å². The van der Waals surface area contributed by atoms with Gasteiger partial charge in [-0.15, -0.1) is 0 Å². The van der Waals surface area contributed by atoms with Crippen LogP contribution in [-0.4, -0.2) is 51.0 Å². The van der Waals surface area contributed by atoms with Gasteiger partial charge < -0.3 is 10.2 Å². The second kappa shape index (κ2) is 10.1. The van der Waals surface area contributed by atoms with Crippen molar-refractivity contribution in [1.29, 1.82) is 0 Å². The number of hydrogen-bond donors (Lipinski definition) is 1. The van der Waals surface area contributed by atoms with Crippen molar-refractivity contribution in [3.05, 3.63) is 64.1 Å². The molecule has 0 aromatic heterocycles. The van der Waals surface area contributed by atoms with E-state index in [2.05, 4.69) is 21.2 Å². The van der Waals surface area contributed by atoms with Crippen molar-refractivity contribution in [2.24, 2.45) is 0 Å². The second-order valence-electron chi connectivity index (χ2n) is 7.02. The molecule has 0 bridgehead atoms. The maximum Gasteiger partial charge on any atom is 0.244 e. The molecule has 0 unspecified atom stereocenters. The quantitative estimate of drug-likeness (QED) is 0.609. The van der Waals surface area contributed by atoms with E-state index in [-0.39, 0.29) is 12.5 Å². The summed E-state index contributed by atoms with van der Waals surface area (Å²) in [5.41, 5.74) is 2.24. The van der Waals surface area contributed by atoms with E-state index >= 15 is 0 Å². The third-order valence-electron chi connectivity index (χ3n) is 4.65. The van der Waals surface area contributed by atoms with Gasteiger partial charge in [-0.1, -0.05) is 42.0 Å². The predicted octanol–water partition coefficient (Wildman–Crippen LogP) is 2.69. The lowest BCUT2D eigenvalue weighted by atomic mass is 10.1. The molecule has 0 aliphatic carbocycles. The van der Waals surface area contributed by atoms with E-state index in [4.69, 9.17) is 0 Å². The lowest BCUT2D eigenvalue weighted by molar-refractivity contribution is -0.139. The van der Waals surface area contributed by atoms with Crippen LogP contribution in [0.3, 0.4) is 0 Å². The fourth-order valence-corrected chi connectivity index (χ4v) is 4.53. The van der Waals surface area contributed by atoms with Crippen molar-refractivity contribution in [3.63, 3.8) is 0 Å². The van der Waals surface area contributed by atoms with E-state index in [1.807, 2.05) is 31.2 Å². The zero-order valence-corrected chi connectivity index (χ0v) is 19.8. The molecule has 2 rings (SSSR count). The van der Waals surface area contributed by atoms with Crippen LogP contribution in [0.25, 0.3) is 0 Å². The minimum Gasteiger partial charge on any atom is -0.357 e. The molecule has 1 atom stereocenters. The Bertz CT molecular complexity index is 1030. The Morgan fingerprint density at radius 2 is 1.80 bits per heavy atom. The minimum atomic E-state index is -3.74. The van der Waals surface area contributed by atoms with Crippen LogP contribution >= 0.6 is 15.9 Å². The topological polar surface area (TPSA) is 86.8 Å². The van der Waals surface area contributed by atoms with Crippen LogP contribution in [0.1, 0.15) is 18.1 Å². The molecule has 2 aromatic carbocycles. The number of sulfonamides is 1. The summed E-state index contributed by atoms with van der Waals surface area (Å²) in [6.45, 7) is 3.32. The zero-order chi connectivity index (χ0) is 22.5. The first-order valence-corrected chi connectivity index (χ1v) is 12.0. The number of hydrogen-bond acceptors (Lipinski definition) is 4. The first-order chi connectivity index (χ1) is 14.0. The Kier molecular flexibility index (Phi) is 8.03. The molecule has 2 amide bonds. The van der Waals surface area contributed by atoms with Gasteiger partial charge in [-0.2, -0.15) is 0 Å². The highest BCUT2D eigenvalue weighted by Crippen LogP contribution is 2.28. The number of benzene rings is 2. The van der Waals surface area contributed by atoms with E-state index < -0.39 is 28.5 Å². The molecule has 2 aromatic rings.